The molecular formula is C16H20N4O3S. The minimum absolute atomic E-state index is 0.0435. The van der Waals surface area contributed by atoms with Crippen LogP contribution >= 0.6 is 0 Å². The fourth-order valence-electron chi connectivity index (χ4n) is 2.81. The van der Waals surface area contributed by atoms with Crippen molar-refractivity contribution in [1.82, 2.24) is 19.7 Å². The maximum Gasteiger partial charge on any atom is 0.254 e. The van der Waals surface area contributed by atoms with Crippen LogP contribution < -0.4 is 0 Å². The summed E-state index contributed by atoms with van der Waals surface area (Å²) in [6, 6.07) is 6.13. The molecule has 0 saturated carbocycles. The second kappa shape index (κ2) is 6.35. The Kier molecular flexibility index (Phi) is 4.40. The number of nitrogens with zero attached hydrogens (tertiary/aromatic N) is 4. The second-order valence-corrected chi connectivity index (χ2v) is 7.97. The van der Waals surface area contributed by atoms with Gasteiger partial charge in [-0.3, -0.25) is 4.79 Å². The summed E-state index contributed by atoms with van der Waals surface area (Å²) >= 11 is 0. The minimum Gasteiger partial charge on any atom is -0.329 e. The fourth-order valence-corrected chi connectivity index (χ4v) is 3.69. The minimum atomic E-state index is -3.25. The maximum absolute atomic E-state index is 12.6. The van der Waals surface area contributed by atoms with Crippen molar-refractivity contribution in [3.8, 4) is 0 Å². The van der Waals surface area contributed by atoms with Crippen molar-refractivity contribution in [2.24, 2.45) is 0 Å². The molecule has 8 heteroatoms. The second-order valence-electron chi connectivity index (χ2n) is 5.69. The van der Waals surface area contributed by atoms with Gasteiger partial charge in [0.2, 0.25) is 0 Å². The molecule has 2 heterocycles. The average molecular weight is 348 g/mol. The topological polar surface area (TPSA) is 85.2 Å². The van der Waals surface area contributed by atoms with Gasteiger partial charge in [0.25, 0.3) is 5.91 Å². The quantitative estimate of drug-likeness (QED) is 0.831. The van der Waals surface area contributed by atoms with Crippen molar-refractivity contribution < 1.29 is 13.2 Å². The smallest absolute Gasteiger partial charge is 0.254 e. The van der Waals surface area contributed by atoms with Gasteiger partial charge in [0.15, 0.2) is 15.7 Å². The molecule has 128 valence electrons. The molecular weight excluding hydrogens is 328 g/mol. The summed E-state index contributed by atoms with van der Waals surface area (Å²) in [5.74, 6) is 1.65. The lowest BCUT2D eigenvalue weighted by atomic mass is 10.2. The van der Waals surface area contributed by atoms with Crippen molar-refractivity contribution in [3.05, 3.63) is 41.5 Å². The van der Waals surface area contributed by atoms with Gasteiger partial charge in [-0.25, -0.2) is 8.42 Å². The molecule has 0 aliphatic carbocycles. The molecule has 0 unspecified atom stereocenters. The van der Waals surface area contributed by atoms with E-state index in [0.29, 0.717) is 25.2 Å². The van der Waals surface area contributed by atoms with Crippen LogP contribution in [0.15, 0.2) is 29.2 Å². The monoisotopic (exact) mass is 348 g/mol. The van der Waals surface area contributed by atoms with Gasteiger partial charge in [-0.05, 0) is 24.3 Å². The summed E-state index contributed by atoms with van der Waals surface area (Å²) in [7, 11) is -3.25. The Morgan fingerprint density at radius 3 is 2.46 bits per heavy atom. The standard InChI is InChI=1S/C16H20N4O3S/c1-3-14-17-18-15-11-19(9-10-20(14)15)16(21)12-5-7-13(8-6-12)24(22,23)4-2/h5-8H,3-4,9-11H2,1-2H3. The summed E-state index contributed by atoms with van der Waals surface area (Å²) in [6.07, 6.45) is 0.814. The molecule has 0 atom stereocenters. The van der Waals surface area contributed by atoms with E-state index in [9.17, 15) is 13.2 Å². The number of amides is 1. The third-order valence-electron chi connectivity index (χ3n) is 4.27. The zero-order valence-corrected chi connectivity index (χ0v) is 14.6. The Morgan fingerprint density at radius 2 is 1.83 bits per heavy atom. The number of carbonyl (C=O) groups is 1. The first-order chi connectivity index (χ1) is 11.5. The van der Waals surface area contributed by atoms with Crippen molar-refractivity contribution in [1.29, 1.82) is 0 Å². The largest absolute Gasteiger partial charge is 0.329 e. The molecule has 1 amide bonds. The molecule has 7 nitrogen and oxygen atoms in total. The summed E-state index contributed by atoms with van der Waals surface area (Å²) in [5, 5.41) is 8.29. The van der Waals surface area contributed by atoms with E-state index in [2.05, 4.69) is 14.8 Å². The lowest BCUT2D eigenvalue weighted by Crippen LogP contribution is -2.38. The molecule has 0 fully saturated rings. The van der Waals surface area contributed by atoms with Crippen LogP contribution in [0.4, 0.5) is 0 Å². The molecule has 24 heavy (non-hydrogen) atoms. The molecule has 1 aliphatic heterocycles. The van der Waals surface area contributed by atoms with Crippen LogP contribution in [-0.2, 0) is 29.3 Å². The number of hydrogen-bond donors (Lipinski definition) is 0. The van der Waals surface area contributed by atoms with E-state index in [1.807, 2.05) is 6.92 Å². The molecule has 2 aromatic rings. The van der Waals surface area contributed by atoms with Crippen LogP contribution in [0.25, 0.3) is 0 Å². The first kappa shape index (κ1) is 16.6. The van der Waals surface area contributed by atoms with Gasteiger partial charge in [0.05, 0.1) is 17.2 Å². The van der Waals surface area contributed by atoms with Crippen molar-refractivity contribution >= 4 is 15.7 Å². The van der Waals surface area contributed by atoms with E-state index >= 15 is 0 Å². The predicted molar refractivity (Wildman–Crippen MR) is 88.3 cm³/mol. The van der Waals surface area contributed by atoms with Crippen LogP contribution in [0, 0.1) is 0 Å². The predicted octanol–water partition coefficient (Wildman–Crippen LogP) is 1.29. The number of fused-ring (bicyclic) bond motifs is 1. The molecule has 0 N–H and O–H groups in total. The first-order valence-electron chi connectivity index (χ1n) is 7.99. The number of carbonyl (C=O) groups excluding carboxylic acids is 1. The molecule has 0 bridgehead atoms. The van der Waals surface area contributed by atoms with Gasteiger partial charge in [-0.1, -0.05) is 13.8 Å². The fraction of sp³-hybridized carbons (Fsp3) is 0.438. The number of hydrogen-bond acceptors (Lipinski definition) is 5. The molecule has 1 aromatic carbocycles. The summed E-state index contributed by atoms with van der Waals surface area (Å²) < 4.78 is 25.7. The van der Waals surface area contributed by atoms with Crippen LogP contribution in [0.3, 0.4) is 0 Å². The summed E-state index contributed by atoms with van der Waals surface area (Å²) in [6.45, 7) is 5.32. The van der Waals surface area contributed by atoms with Crippen LogP contribution in [0.5, 0.6) is 0 Å². The summed E-state index contributed by atoms with van der Waals surface area (Å²) in [4.78, 5) is 14.6. The van der Waals surface area contributed by atoms with Gasteiger partial charge in [0.1, 0.15) is 5.82 Å². The van der Waals surface area contributed by atoms with E-state index < -0.39 is 9.84 Å². The molecule has 1 aliphatic rings. The Balaban J connectivity index is 1.78. The zero-order chi connectivity index (χ0) is 17.3. The van der Waals surface area contributed by atoms with Crippen molar-refractivity contribution in [2.45, 2.75) is 38.3 Å². The Bertz CT molecular complexity index is 856. The summed E-state index contributed by atoms with van der Waals surface area (Å²) in [5.41, 5.74) is 0.480. The van der Waals surface area contributed by atoms with Gasteiger partial charge in [0, 0.05) is 25.1 Å². The number of aryl methyl sites for hydroxylation is 1. The van der Waals surface area contributed by atoms with Crippen LogP contribution in [0.1, 0.15) is 35.9 Å². The van der Waals surface area contributed by atoms with E-state index in [0.717, 1.165) is 18.1 Å². The lowest BCUT2D eigenvalue weighted by Gasteiger charge is -2.28. The Morgan fingerprint density at radius 1 is 1.12 bits per heavy atom. The SMILES string of the molecule is CCc1nnc2n1CCN(C(=O)c1ccc(S(=O)(=O)CC)cc1)C2. The van der Waals surface area contributed by atoms with E-state index in [1.165, 1.54) is 12.1 Å². The van der Waals surface area contributed by atoms with Gasteiger partial charge in [-0.2, -0.15) is 0 Å². The van der Waals surface area contributed by atoms with Crippen LogP contribution in [-0.4, -0.2) is 46.3 Å². The molecule has 3 rings (SSSR count). The third kappa shape index (κ3) is 2.93. The molecule has 0 spiro atoms. The van der Waals surface area contributed by atoms with Crippen molar-refractivity contribution in [2.75, 3.05) is 12.3 Å². The highest BCUT2D eigenvalue weighted by atomic mass is 32.2. The highest BCUT2D eigenvalue weighted by Gasteiger charge is 2.25. The number of sulfone groups is 1. The normalized spacial score (nSPS) is 14.5. The Hall–Kier alpha value is -2.22. The van der Waals surface area contributed by atoms with E-state index in [-0.39, 0.29) is 16.6 Å². The maximum atomic E-state index is 12.6. The third-order valence-corrected chi connectivity index (χ3v) is 6.02. The van der Waals surface area contributed by atoms with Gasteiger partial charge < -0.3 is 9.47 Å². The van der Waals surface area contributed by atoms with Crippen molar-refractivity contribution in [3.63, 3.8) is 0 Å². The first-order valence-corrected chi connectivity index (χ1v) is 9.64. The number of aromatic nitrogens is 3. The average Bonchev–Trinajstić information content (AvgIpc) is 3.03. The molecule has 0 saturated heterocycles. The zero-order valence-electron chi connectivity index (χ0n) is 13.8. The highest BCUT2D eigenvalue weighted by Crippen LogP contribution is 2.18. The number of rotatable bonds is 4. The van der Waals surface area contributed by atoms with E-state index in [4.69, 9.17) is 0 Å². The lowest BCUT2D eigenvalue weighted by molar-refractivity contribution is 0.0706. The molecule has 1 aromatic heterocycles. The van der Waals surface area contributed by atoms with Crippen LogP contribution in [0.2, 0.25) is 0 Å². The highest BCUT2D eigenvalue weighted by molar-refractivity contribution is 7.91. The number of benzene rings is 1. The molecule has 0 radical (unpaired) electrons. The van der Waals surface area contributed by atoms with Gasteiger partial charge >= 0.3 is 0 Å². The Labute approximate surface area is 141 Å². The van der Waals surface area contributed by atoms with Gasteiger partial charge in [-0.15, -0.1) is 10.2 Å². The van der Waals surface area contributed by atoms with E-state index in [1.54, 1.807) is 24.0 Å².